The summed E-state index contributed by atoms with van der Waals surface area (Å²) in [7, 11) is -1.34. The number of halogens is 1. The molecular weight excluding hydrogens is 804 g/mol. The van der Waals surface area contributed by atoms with Gasteiger partial charge in [-0.25, -0.2) is 0 Å². The molecule has 0 saturated heterocycles. The fourth-order valence-electron chi connectivity index (χ4n) is 5.85. The van der Waals surface area contributed by atoms with E-state index in [9.17, 15) is 4.39 Å². The largest absolute Gasteiger partial charge is 0.305 e. The summed E-state index contributed by atoms with van der Waals surface area (Å²) in [4.78, 5) is 9.13. The molecule has 0 atom stereocenters. The first-order valence-corrected chi connectivity index (χ1v) is 20.2. The minimum atomic E-state index is -2.30. The average molecular weight is 846 g/mol. The fraction of sp³-hybridized carbons (Fsp3) is 0.190. The molecule has 7 rings (SSSR count). The molecule has 0 bridgehead atoms. The van der Waals surface area contributed by atoms with Gasteiger partial charge in [0.05, 0.1) is 8.07 Å². The molecule has 48 heavy (non-hydrogen) atoms. The molecule has 4 aromatic carbocycles. The minimum absolute atomic E-state index is 0. The molecule has 7 aromatic rings. The zero-order valence-corrected chi connectivity index (χ0v) is 31.9. The van der Waals surface area contributed by atoms with Crippen LogP contribution in [0.4, 0.5) is 4.39 Å². The van der Waals surface area contributed by atoms with Crippen molar-refractivity contribution in [3.63, 3.8) is 0 Å². The normalized spacial score (nSPS) is 12.5. The SMILES string of the molecule is CC(C)Cc1cc(-c2[c-]cccc2)ncc1[Si](C)(C)C.[2H]C([2H])([2H])c1cnc(-c2[c-]cc(F)c3c2sc2ccccc23)cc1-c1ccccc1.[Ir]. The number of aryl methyl sites for hydroxylation is 1. The summed E-state index contributed by atoms with van der Waals surface area (Å²) in [5.74, 6) is 0.341. The monoisotopic (exact) mass is 846 g/mol. The van der Waals surface area contributed by atoms with Gasteiger partial charge in [0.1, 0.15) is 0 Å². The summed E-state index contributed by atoms with van der Waals surface area (Å²) in [6.45, 7) is 9.44. The number of thiophene rings is 1. The number of pyridine rings is 2. The zero-order valence-electron chi connectivity index (χ0n) is 30.7. The van der Waals surface area contributed by atoms with Crippen molar-refractivity contribution in [2.45, 2.75) is 46.8 Å². The quantitative estimate of drug-likeness (QED) is 0.123. The van der Waals surface area contributed by atoms with Crippen molar-refractivity contribution < 1.29 is 28.6 Å². The molecule has 6 heteroatoms. The van der Waals surface area contributed by atoms with Crippen LogP contribution in [0.15, 0.2) is 109 Å². The van der Waals surface area contributed by atoms with Gasteiger partial charge in [-0.2, -0.15) is 11.3 Å². The van der Waals surface area contributed by atoms with Crippen molar-refractivity contribution in [1.82, 2.24) is 9.97 Å². The topological polar surface area (TPSA) is 25.8 Å². The van der Waals surface area contributed by atoms with Gasteiger partial charge in [-0.1, -0.05) is 99.7 Å². The Labute approximate surface area is 306 Å². The molecule has 0 unspecified atom stereocenters. The second kappa shape index (κ2) is 15.2. The van der Waals surface area contributed by atoms with E-state index in [1.165, 1.54) is 34.4 Å². The van der Waals surface area contributed by atoms with E-state index in [1.807, 2.05) is 72.8 Å². The summed E-state index contributed by atoms with van der Waals surface area (Å²) in [6, 6.07) is 36.8. The van der Waals surface area contributed by atoms with Crippen molar-refractivity contribution >= 4 is 44.8 Å². The third-order valence-electron chi connectivity index (χ3n) is 8.06. The van der Waals surface area contributed by atoms with Gasteiger partial charge >= 0.3 is 0 Å². The van der Waals surface area contributed by atoms with Gasteiger partial charge in [0.25, 0.3) is 0 Å². The van der Waals surface area contributed by atoms with E-state index in [0.29, 0.717) is 28.1 Å². The molecule has 1 radical (unpaired) electrons. The van der Waals surface area contributed by atoms with Crippen molar-refractivity contribution in [1.29, 1.82) is 0 Å². The van der Waals surface area contributed by atoms with Gasteiger partial charge < -0.3 is 9.97 Å². The van der Waals surface area contributed by atoms with Crippen LogP contribution in [0.5, 0.6) is 0 Å². The number of hydrogen-bond acceptors (Lipinski definition) is 3. The molecule has 3 aromatic heterocycles. The smallest absolute Gasteiger partial charge is 0.0798 e. The fourth-order valence-corrected chi connectivity index (χ4v) is 8.66. The Hall–Kier alpha value is -3.80. The maximum atomic E-state index is 14.7. The Balaban J connectivity index is 0.000000211. The Kier molecular flexibility index (Phi) is 9.95. The van der Waals surface area contributed by atoms with Crippen LogP contribution in [0, 0.1) is 30.7 Å². The maximum Gasteiger partial charge on any atom is 0.0798 e. The van der Waals surface area contributed by atoms with E-state index in [-0.39, 0.29) is 31.5 Å². The summed E-state index contributed by atoms with van der Waals surface area (Å²) < 4.78 is 40.2. The molecule has 245 valence electrons. The molecule has 2 nitrogen and oxygen atoms in total. The number of benzene rings is 4. The van der Waals surface area contributed by atoms with E-state index in [4.69, 9.17) is 4.11 Å². The first kappa shape index (κ1) is 31.5. The molecule has 3 heterocycles. The third kappa shape index (κ3) is 7.74. The Morgan fingerprint density at radius 2 is 1.60 bits per heavy atom. The standard InChI is InChI=1S/C24H15FNS.C18H24NSi.Ir/c1-15-14-26-21(13-19(15)16-7-3-2-4-8-16)17-11-12-20(25)23-18-9-5-6-10-22(18)27-24(17)23;1-14(2)11-16-12-17(15-9-7-6-8-10-15)19-13-18(16)20(3,4)5;/h2-10,12-14H,1H3;6-9,12-14H,11H2,1-5H3;/q2*-1;/i1D3;;. The van der Waals surface area contributed by atoms with E-state index in [1.54, 1.807) is 6.07 Å². The molecule has 0 saturated carbocycles. The van der Waals surface area contributed by atoms with Gasteiger partial charge in [-0.15, -0.1) is 53.6 Å². The van der Waals surface area contributed by atoms with Gasteiger partial charge in [0, 0.05) is 47.1 Å². The van der Waals surface area contributed by atoms with Crippen LogP contribution in [0.3, 0.4) is 0 Å². The molecular formula is C42H39FIrN2SSi-2. The molecule has 0 aliphatic rings. The molecule has 0 spiro atoms. The first-order chi connectivity index (χ1) is 23.8. The predicted octanol–water partition coefficient (Wildman–Crippen LogP) is 11.3. The van der Waals surface area contributed by atoms with Crippen LogP contribution in [0.1, 0.15) is 29.1 Å². The summed E-state index contributed by atoms with van der Waals surface area (Å²) in [6.07, 6.45) is 4.64. The van der Waals surface area contributed by atoms with Gasteiger partial charge in [0.2, 0.25) is 0 Å². The maximum absolute atomic E-state index is 14.7. The van der Waals surface area contributed by atoms with Gasteiger partial charge in [-0.05, 0) is 74.0 Å². The number of aromatic nitrogens is 2. The van der Waals surface area contributed by atoms with E-state index < -0.39 is 14.9 Å². The van der Waals surface area contributed by atoms with Crippen LogP contribution >= 0.6 is 11.3 Å². The molecule has 0 fully saturated rings. The van der Waals surface area contributed by atoms with Gasteiger partial charge in [0.15, 0.2) is 0 Å². The minimum Gasteiger partial charge on any atom is -0.305 e. The second-order valence-corrected chi connectivity index (χ2v) is 19.2. The Bertz CT molecular complexity index is 2270. The average Bonchev–Trinajstić information content (AvgIpc) is 3.49. The number of fused-ring (bicyclic) bond motifs is 3. The Morgan fingerprint density at radius 1 is 0.875 bits per heavy atom. The summed E-state index contributed by atoms with van der Waals surface area (Å²) in [5, 5.41) is 2.89. The molecule has 0 aliphatic carbocycles. The van der Waals surface area contributed by atoms with Crippen LogP contribution in [0.25, 0.3) is 53.8 Å². The predicted molar refractivity (Wildman–Crippen MR) is 202 cm³/mol. The number of rotatable bonds is 6. The van der Waals surface area contributed by atoms with Crippen molar-refractivity contribution in [3.8, 4) is 33.6 Å². The number of nitrogens with zero attached hydrogens (tertiary/aromatic N) is 2. The van der Waals surface area contributed by atoms with Gasteiger partial charge in [-0.3, -0.25) is 4.39 Å². The first-order valence-electron chi connectivity index (χ1n) is 17.4. The van der Waals surface area contributed by atoms with E-state index in [2.05, 4.69) is 73.9 Å². The molecule has 0 aliphatic heterocycles. The zero-order chi connectivity index (χ0) is 35.6. The van der Waals surface area contributed by atoms with Crippen molar-refractivity contribution in [2.24, 2.45) is 5.92 Å². The summed E-state index contributed by atoms with van der Waals surface area (Å²) in [5.41, 5.74) is 6.41. The number of hydrogen-bond donors (Lipinski definition) is 0. The summed E-state index contributed by atoms with van der Waals surface area (Å²) >= 11 is 1.49. The van der Waals surface area contributed by atoms with E-state index in [0.717, 1.165) is 38.0 Å². The van der Waals surface area contributed by atoms with Crippen molar-refractivity contribution in [3.05, 3.63) is 139 Å². The van der Waals surface area contributed by atoms with Crippen molar-refractivity contribution in [2.75, 3.05) is 0 Å². The second-order valence-electron chi connectivity index (χ2n) is 13.1. The van der Waals surface area contributed by atoms with Crippen LogP contribution in [0.2, 0.25) is 19.6 Å². The Morgan fingerprint density at radius 3 is 2.31 bits per heavy atom. The van der Waals surface area contributed by atoms with Crippen LogP contribution in [-0.2, 0) is 26.5 Å². The van der Waals surface area contributed by atoms with Crippen LogP contribution < -0.4 is 5.19 Å². The van der Waals surface area contributed by atoms with Crippen LogP contribution in [-0.4, -0.2) is 18.0 Å². The van der Waals surface area contributed by atoms with E-state index >= 15 is 0 Å². The molecule has 0 amide bonds. The third-order valence-corrected chi connectivity index (χ3v) is 11.3. The molecule has 0 N–H and O–H groups in total.